The van der Waals surface area contributed by atoms with Gasteiger partial charge in [0.15, 0.2) is 6.61 Å². The number of benzene rings is 2. The second-order valence-electron chi connectivity index (χ2n) is 12.1. The Bertz CT molecular complexity index is 1740. The fraction of sp³-hybridized carbons (Fsp3) is 0.424. The van der Waals surface area contributed by atoms with E-state index in [2.05, 4.69) is 41.5 Å². The van der Waals surface area contributed by atoms with E-state index in [9.17, 15) is 32.3 Å². The minimum atomic E-state index is -4.64. The van der Waals surface area contributed by atoms with Gasteiger partial charge in [-0.25, -0.2) is 4.79 Å². The molecule has 1 saturated carbocycles. The van der Waals surface area contributed by atoms with Crippen molar-refractivity contribution in [2.75, 3.05) is 50.7 Å². The molecule has 0 bridgehead atoms. The van der Waals surface area contributed by atoms with E-state index < -0.39 is 60.6 Å². The molecule has 2 aliphatic rings. The van der Waals surface area contributed by atoms with Crippen molar-refractivity contribution in [3.63, 3.8) is 0 Å². The summed E-state index contributed by atoms with van der Waals surface area (Å²) >= 11 is 6.02. The number of alkyl halides is 3. The van der Waals surface area contributed by atoms with E-state index in [1.165, 1.54) is 24.3 Å². The molecule has 2 aromatic carbocycles. The molecule has 2 fully saturated rings. The number of rotatable bonds is 14. The Morgan fingerprint density at radius 1 is 0.942 bits per heavy atom. The summed E-state index contributed by atoms with van der Waals surface area (Å²) in [7, 11) is 1.11. The lowest BCUT2D eigenvalue weighted by Crippen LogP contribution is -2.51. The van der Waals surface area contributed by atoms with Crippen molar-refractivity contribution >= 4 is 52.9 Å². The van der Waals surface area contributed by atoms with Crippen LogP contribution in [-0.4, -0.2) is 90.9 Å². The third-order valence-electron chi connectivity index (χ3n) is 8.24. The van der Waals surface area contributed by atoms with Crippen LogP contribution in [0.4, 0.5) is 30.8 Å². The van der Waals surface area contributed by atoms with Crippen LogP contribution in [0.15, 0.2) is 48.5 Å². The molecule has 52 heavy (non-hydrogen) atoms. The first kappa shape index (κ1) is 38.0. The zero-order valence-corrected chi connectivity index (χ0v) is 28.6. The van der Waals surface area contributed by atoms with Crippen molar-refractivity contribution in [3.8, 4) is 6.01 Å². The summed E-state index contributed by atoms with van der Waals surface area (Å²) in [6, 6.07) is 11.0. The first-order valence-corrected chi connectivity index (χ1v) is 16.6. The molecule has 2 heterocycles. The van der Waals surface area contributed by atoms with Gasteiger partial charge >= 0.3 is 30.0 Å². The van der Waals surface area contributed by atoms with E-state index in [0.29, 0.717) is 43.3 Å². The van der Waals surface area contributed by atoms with E-state index in [4.69, 9.17) is 25.8 Å². The van der Waals surface area contributed by atoms with Gasteiger partial charge in [0, 0.05) is 42.6 Å². The SMILES string of the molecule is COC(=O)[C@H](CNC(=O)C(=O)NCC1CCOCC1)NC(=O)c1ccc(Nc2nc(NC3(c4ccc(Cl)cc4)CC3)nc(OCC(F)(F)F)n2)cc1. The van der Waals surface area contributed by atoms with Gasteiger partial charge in [0.1, 0.15) is 6.04 Å². The zero-order valence-electron chi connectivity index (χ0n) is 27.8. The molecule has 0 radical (unpaired) electrons. The molecular weight excluding hydrogens is 713 g/mol. The highest BCUT2D eigenvalue weighted by Crippen LogP contribution is 2.48. The van der Waals surface area contributed by atoms with Crippen LogP contribution >= 0.6 is 11.6 Å². The minimum absolute atomic E-state index is 0.0316. The Morgan fingerprint density at radius 2 is 1.60 bits per heavy atom. The fourth-order valence-corrected chi connectivity index (χ4v) is 5.35. The molecule has 3 amide bonds. The highest BCUT2D eigenvalue weighted by atomic mass is 35.5. The van der Waals surface area contributed by atoms with Crippen molar-refractivity contribution in [3.05, 3.63) is 64.7 Å². The predicted molar refractivity (Wildman–Crippen MR) is 180 cm³/mol. The lowest BCUT2D eigenvalue weighted by atomic mass is 10.0. The zero-order chi connectivity index (χ0) is 37.3. The maximum atomic E-state index is 13.0. The maximum Gasteiger partial charge on any atom is 0.422 e. The number of nitrogens with one attached hydrogen (secondary N) is 5. The molecule has 1 aliphatic heterocycles. The van der Waals surface area contributed by atoms with E-state index in [1.54, 1.807) is 12.1 Å². The van der Waals surface area contributed by atoms with Gasteiger partial charge in [-0.3, -0.25) is 14.4 Å². The Labute approximate surface area is 300 Å². The molecule has 19 heteroatoms. The van der Waals surface area contributed by atoms with E-state index >= 15 is 0 Å². The average molecular weight is 749 g/mol. The van der Waals surface area contributed by atoms with Crippen molar-refractivity contribution in [1.29, 1.82) is 0 Å². The van der Waals surface area contributed by atoms with Gasteiger partial charge in [-0.2, -0.15) is 28.1 Å². The van der Waals surface area contributed by atoms with Crippen LogP contribution in [-0.2, 0) is 29.4 Å². The van der Waals surface area contributed by atoms with Gasteiger partial charge < -0.3 is 40.8 Å². The molecule has 3 aromatic rings. The smallest absolute Gasteiger partial charge is 0.422 e. The number of esters is 1. The van der Waals surface area contributed by atoms with Crippen LogP contribution in [0.3, 0.4) is 0 Å². The molecule has 1 aliphatic carbocycles. The summed E-state index contributed by atoms with van der Waals surface area (Å²) in [5, 5.41) is 13.9. The summed E-state index contributed by atoms with van der Waals surface area (Å²) in [6.45, 7) is -0.567. The minimum Gasteiger partial charge on any atom is -0.467 e. The summed E-state index contributed by atoms with van der Waals surface area (Å²) < 4.78 is 53.6. The second kappa shape index (κ2) is 16.9. The third kappa shape index (κ3) is 10.9. The van der Waals surface area contributed by atoms with Crippen molar-refractivity contribution in [2.24, 2.45) is 5.92 Å². The normalized spacial score (nSPS) is 15.8. The number of hydrogen-bond acceptors (Lipinski definition) is 12. The number of carbonyl (C=O) groups excluding carboxylic acids is 4. The van der Waals surface area contributed by atoms with Crippen molar-refractivity contribution < 1.29 is 46.6 Å². The van der Waals surface area contributed by atoms with Crippen LogP contribution in [0.25, 0.3) is 0 Å². The number of aromatic nitrogens is 3. The first-order valence-electron chi connectivity index (χ1n) is 16.2. The lowest BCUT2D eigenvalue weighted by Gasteiger charge is -2.22. The Morgan fingerprint density at radius 3 is 2.23 bits per heavy atom. The van der Waals surface area contributed by atoms with Gasteiger partial charge in [0.05, 0.1) is 12.6 Å². The molecular formula is C33H36ClF3N8O7. The molecule has 1 saturated heterocycles. The van der Waals surface area contributed by atoms with Crippen molar-refractivity contribution in [2.45, 2.75) is 43.4 Å². The van der Waals surface area contributed by atoms with Crippen LogP contribution < -0.4 is 31.3 Å². The highest BCUT2D eigenvalue weighted by Gasteiger charge is 2.45. The lowest BCUT2D eigenvalue weighted by molar-refractivity contribution is -0.154. The summed E-state index contributed by atoms with van der Waals surface area (Å²) in [5.74, 6) is -3.40. The van der Waals surface area contributed by atoms with Gasteiger partial charge in [0.25, 0.3) is 5.91 Å². The van der Waals surface area contributed by atoms with E-state index in [0.717, 1.165) is 25.5 Å². The molecule has 278 valence electrons. The van der Waals surface area contributed by atoms with Crippen molar-refractivity contribution in [1.82, 2.24) is 30.9 Å². The molecule has 1 aromatic heterocycles. The quantitative estimate of drug-likeness (QED) is 0.120. The molecule has 5 N–H and O–H groups in total. The Kier molecular flexibility index (Phi) is 12.3. The number of amides is 3. The second-order valence-corrected chi connectivity index (χ2v) is 12.5. The molecule has 15 nitrogen and oxygen atoms in total. The van der Waals surface area contributed by atoms with Crippen LogP contribution in [0.2, 0.25) is 5.02 Å². The topological polar surface area (TPSA) is 195 Å². The number of ether oxygens (including phenoxy) is 3. The average Bonchev–Trinajstić information content (AvgIpc) is 3.91. The number of carbonyl (C=O) groups is 4. The fourth-order valence-electron chi connectivity index (χ4n) is 5.23. The molecule has 0 spiro atoms. The predicted octanol–water partition coefficient (Wildman–Crippen LogP) is 3.24. The largest absolute Gasteiger partial charge is 0.467 e. The number of hydrogen-bond donors (Lipinski definition) is 5. The number of halogens is 4. The van der Waals surface area contributed by atoms with E-state index in [-0.39, 0.29) is 23.4 Å². The number of methoxy groups -OCH3 is 1. The van der Waals surface area contributed by atoms with Crippen LogP contribution in [0.1, 0.15) is 41.6 Å². The summed E-state index contributed by atoms with van der Waals surface area (Å²) in [5.41, 5.74) is 0.784. The monoisotopic (exact) mass is 748 g/mol. The van der Waals surface area contributed by atoms with Gasteiger partial charge in [-0.15, -0.1) is 0 Å². The standard InChI is InChI=1S/C33H36ClF3N8O7/c1-50-28(49)24(17-39-27(48)26(47)38-16-19-10-14-51-15-11-19)41-25(46)20-2-8-23(9-3-20)40-29-42-30(44-31(43-29)52-18-33(35,36)37)45-32(12-13-32)21-4-6-22(34)7-5-21/h2-9,19,24H,10-18H2,1H3,(H,38,47)(H,39,48)(H,41,46)(H2,40,42,43,44,45)/t24-/m0/s1. The van der Waals surface area contributed by atoms with Crippen LogP contribution in [0, 0.1) is 5.92 Å². The summed E-state index contributed by atoms with van der Waals surface area (Å²) in [4.78, 5) is 62.3. The van der Waals surface area contributed by atoms with Gasteiger partial charge in [-0.1, -0.05) is 23.7 Å². The Hall–Kier alpha value is -5.23. The third-order valence-corrected chi connectivity index (χ3v) is 8.49. The highest BCUT2D eigenvalue weighted by molar-refractivity contribution is 6.35. The number of anilines is 3. The van der Waals surface area contributed by atoms with E-state index in [1.807, 2.05) is 12.1 Å². The van der Waals surface area contributed by atoms with Gasteiger partial charge in [0.2, 0.25) is 11.9 Å². The Balaban J connectivity index is 1.21. The maximum absolute atomic E-state index is 13.0. The summed E-state index contributed by atoms with van der Waals surface area (Å²) in [6.07, 6.45) is -1.69. The van der Waals surface area contributed by atoms with Gasteiger partial charge in [-0.05, 0) is 73.6 Å². The number of nitrogens with zero attached hydrogens (tertiary/aromatic N) is 3. The first-order chi connectivity index (χ1) is 24.8. The molecule has 1 atom stereocenters. The van der Waals surface area contributed by atoms with Crippen LogP contribution in [0.5, 0.6) is 6.01 Å². The molecule has 5 rings (SSSR count). The molecule has 0 unspecified atom stereocenters.